The molecule has 0 aliphatic carbocycles. The average molecular weight is 510 g/mol. The zero-order valence-electron chi connectivity index (χ0n) is 18.5. The maximum atomic E-state index is 14.3. The van der Waals surface area contributed by atoms with Gasteiger partial charge in [-0.15, -0.1) is 0 Å². The molecule has 1 aliphatic heterocycles. The van der Waals surface area contributed by atoms with Crippen molar-refractivity contribution in [1.29, 1.82) is 0 Å². The fraction of sp³-hybridized carbons (Fsp3) is 0.292. The van der Waals surface area contributed by atoms with Crippen molar-refractivity contribution >= 4 is 23.5 Å². The standard InChI is InChI=1S/C24H20ClF4N3O3/c1-35-23(34)15-4-2-14(3-5-15)10-21(33)31-9-8-18-20(13-31)32(30-22(18)24(27,28)29)12-16-6-7-17(25)11-19(16)26/h2-7,11H,8-10,12-13H2,1H3. The largest absolute Gasteiger partial charge is 0.465 e. The minimum atomic E-state index is -4.68. The second-order valence-electron chi connectivity index (χ2n) is 8.10. The molecule has 0 saturated heterocycles. The van der Waals surface area contributed by atoms with Crippen LogP contribution in [0.25, 0.3) is 0 Å². The number of esters is 1. The lowest BCUT2D eigenvalue weighted by Gasteiger charge is -2.28. The first-order chi connectivity index (χ1) is 16.6. The van der Waals surface area contributed by atoms with Gasteiger partial charge >= 0.3 is 12.1 Å². The van der Waals surface area contributed by atoms with E-state index in [1.807, 2.05) is 0 Å². The van der Waals surface area contributed by atoms with Gasteiger partial charge in [-0.3, -0.25) is 9.48 Å². The van der Waals surface area contributed by atoms with Gasteiger partial charge in [-0.2, -0.15) is 18.3 Å². The number of carbonyl (C=O) groups excluding carboxylic acids is 2. The summed E-state index contributed by atoms with van der Waals surface area (Å²) in [5, 5.41) is 3.91. The number of alkyl halides is 3. The van der Waals surface area contributed by atoms with Crippen LogP contribution in [0.2, 0.25) is 5.02 Å². The highest BCUT2D eigenvalue weighted by atomic mass is 35.5. The summed E-state index contributed by atoms with van der Waals surface area (Å²) < 4.78 is 61.0. The number of ether oxygens (including phenoxy) is 1. The molecule has 0 radical (unpaired) electrons. The summed E-state index contributed by atoms with van der Waals surface area (Å²) in [4.78, 5) is 25.9. The molecule has 3 aromatic rings. The fourth-order valence-corrected chi connectivity index (χ4v) is 4.18. The zero-order valence-corrected chi connectivity index (χ0v) is 19.3. The van der Waals surface area contributed by atoms with Gasteiger partial charge in [0.25, 0.3) is 0 Å². The summed E-state index contributed by atoms with van der Waals surface area (Å²) >= 11 is 5.77. The van der Waals surface area contributed by atoms with Gasteiger partial charge in [0, 0.05) is 22.7 Å². The van der Waals surface area contributed by atoms with Crippen LogP contribution in [0.3, 0.4) is 0 Å². The van der Waals surface area contributed by atoms with Gasteiger partial charge < -0.3 is 9.64 Å². The van der Waals surface area contributed by atoms with E-state index >= 15 is 0 Å². The number of carbonyl (C=O) groups is 2. The second-order valence-corrected chi connectivity index (χ2v) is 8.53. The molecule has 11 heteroatoms. The Bertz CT molecular complexity index is 1270. The molecule has 184 valence electrons. The summed E-state index contributed by atoms with van der Waals surface area (Å²) in [6, 6.07) is 10.2. The first-order valence-corrected chi connectivity index (χ1v) is 11.0. The number of rotatable bonds is 5. The molecule has 35 heavy (non-hydrogen) atoms. The highest BCUT2D eigenvalue weighted by molar-refractivity contribution is 6.30. The molecule has 0 fully saturated rings. The summed E-state index contributed by atoms with van der Waals surface area (Å²) in [6.45, 7) is -0.235. The first kappa shape index (κ1) is 24.7. The van der Waals surface area contributed by atoms with Gasteiger partial charge in [0.2, 0.25) is 5.91 Å². The lowest BCUT2D eigenvalue weighted by atomic mass is 10.0. The molecule has 4 rings (SSSR count). The molecule has 1 amide bonds. The predicted octanol–water partition coefficient (Wildman–Crippen LogP) is 4.66. The van der Waals surface area contributed by atoms with Crippen LogP contribution in [0.5, 0.6) is 0 Å². The van der Waals surface area contributed by atoms with Gasteiger partial charge in [-0.25, -0.2) is 9.18 Å². The normalized spacial score (nSPS) is 13.5. The Kier molecular flexibility index (Phi) is 6.84. The molecule has 0 N–H and O–H groups in total. The van der Waals surface area contributed by atoms with Crippen LogP contribution in [0.1, 0.15) is 38.4 Å². The van der Waals surface area contributed by atoms with Gasteiger partial charge in [0.05, 0.1) is 37.9 Å². The first-order valence-electron chi connectivity index (χ1n) is 10.6. The zero-order chi connectivity index (χ0) is 25.3. The van der Waals surface area contributed by atoms with Crippen molar-refractivity contribution in [3.63, 3.8) is 0 Å². The molecular formula is C24H20ClF4N3O3. The number of fused-ring (bicyclic) bond motifs is 1. The molecule has 0 spiro atoms. The third-order valence-corrected chi connectivity index (χ3v) is 6.06. The third kappa shape index (κ3) is 5.32. The molecule has 2 heterocycles. The summed E-state index contributed by atoms with van der Waals surface area (Å²) in [7, 11) is 1.26. The van der Waals surface area contributed by atoms with Crippen molar-refractivity contribution in [2.75, 3.05) is 13.7 Å². The van der Waals surface area contributed by atoms with Gasteiger partial charge in [-0.1, -0.05) is 29.8 Å². The minimum Gasteiger partial charge on any atom is -0.465 e. The number of hydrogen-bond acceptors (Lipinski definition) is 4. The molecular weight excluding hydrogens is 490 g/mol. The van der Waals surface area contributed by atoms with E-state index in [1.165, 1.54) is 36.3 Å². The summed E-state index contributed by atoms with van der Waals surface area (Å²) in [5.74, 6) is -1.45. The topological polar surface area (TPSA) is 64.4 Å². The van der Waals surface area contributed by atoms with Crippen molar-refractivity contribution in [1.82, 2.24) is 14.7 Å². The van der Waals surface area contributed by atoms with Crippen molar-refractivity contribution in [3.8, 4) is 0 Å². The van der Waals surface area contributed by atoms with E-state index in [-0.39, 0.29) is 60.2 Å². The Labute approximate surface area is 203 Å². The molecule has 2 aromatic carbocycles. The monoisotopic (exact) mass is 509 g/mol. The molecule has 1 aromatic heterocycles. The number of nitrogens with zero attached hydrogens (tertiary/aromatic N) is 3. The smallest absolute Gasteiger partial charge is 0.435 e. The van der Waals surface area contributed by atoms with E-state index in [4.69, 9.17) is 11.6 Å². The highest BCUT2D eigenvalue weighted by Crippen LogP contribution is 2.35. The molecule has 6 nitrogen and oxygen atoms in total. The Hall–Kier alpha value is -3.40. The lowest BCUT2D eigenvalue weighted by molar-refractivity contribution is -0.142. The Morgan fingerprint density at radius 3 is 2.49 bits per heavy atom. The summed E-state index contributed by atoms with van der Waals surface area (Å²) in [6.07, 6.45) is -4.70. The maximum absolute atomic E-state index is 14.3. The van der Waals surface area contributed by atoms with Crippen LogP contribution >= 0.6 is 11.6 Å². The molecule has 1 aliphatic rings. The summed E-state index contributed by atoms with van der Waals surface area (Å²) in [5.41, 5.74) is 0.311. The minimum absolute atomic E-state index is 0.00284. The van der Waals surface area contributed by atoms with Gasteiger partial charge in [0.1, 0.15) is 5.82 Å². The van der Waals surface area contributed by atoms with E-state index in [2.05, 4.69) is 9.84 Å². The van der Waals surface area contributed by atoms with Crippen molar-refractivity contribution < 1.29 is 31.9 Å². The van der Waals surface area contributed by atoms with E-state index in [9.17, 15) is 27.2 Å². The van der Waals surface area contributed by atoms with Crippen LogP contribution in [-0.2, 0) is 41.6 Å². The fourth-order valence-electron chi connectivity index (χ4n) is 4.03. The Morgan fingerprint density at radius 1 is 1.14 bits per heavy atom. The number of amides is 1. The van der Waals surface area contributed by atoms with Gasteiger partial charge in [0.15, 0.2) is 5.69 Å². The molecule has 0 atom stereocenters. The number of methoxy groups -OCH3 is 1. The SMILES string of the molecule is COC(=O)c1ccc(CC(=O)N2CCc3c(C(F)(F)F)nn(Cc4ccc(Cl)cc4F)c3C2)cc1. The quantitative estimate of drug-likeness (QED) is 0.371. The van der Waals surface area contributed by atoms with Crippen molar-refractivity contribution in [2.45, 2.75) is 32.1 Å². The molecule has 0 saturated carbocycles. The van der Waals surface area contributed by atoms with Gasteiger partial charge in [-0.05, 0) is 36.2 Å². The number of aromatic nitrogens is 2. The van der Waals surface area contributed by atoms with Crippen LogP contribution in [0, 0.1) is 5.82 Å². The lowest BCUT2D eigenvalue weighted by Crippen LogP contribution is -2.38. The third-order valence-electron chi connectivity index (χ3n) is 5.83. The van der Waals surface area contributed by atoms with E-state index in [0.29, 0.717) is 11.1 Å². The number of benzene rings is 2. The van der Waals surface area contributed by atoms with Crippen molar-refractivity contribution in [3.05, 3.63) is 86.9 Å². The van der Waals surface area contributed by atoms with E-state index in [1.54, 1.807) is 12.1 Å². The van der Waals surface area contributed by atoms with Crippen LogP contribution in [0.4, 0.5) is 17.6 Å². The highest BCUT2D eigenvalue weighted by Gasteiger charge is 2.41. The van der Waals surface area contributed by atoms with E-state index in [0.717, 1.165) is 10.7 Å². The average Bonchev–Trinajstić information content (AvgIpc) is 3.19. The van der Waals surface area contributed by atoms with Crippen molar-refractivity contribution in [2.24, 2.45) is 0 Å². The molecule has 0 unspecified atom stereocenters. The maximum Gasteiger partial charge on any atom is 0.435 e. The van der Waals surface area contributed by atoms with Crippen LogP contribution in [-0.4, -0.2) is 40.2 Å². The van der Waals surface area contributed by atoms with Crippen LogP contribution in [0.15, 0.2) is 42.5 Å². The van der Waals surface area contributed by atoms with Crippen LogP contribution < -0.4 is 0 Å². The van der Waals surface area contributed by atoms with E-state index < -0.39 is 23.7 Å². The molecule has 0 bridgehead atoms. The number of halogens is 5. The predicted molar refractivity (Wildman–Crippen MR) is 118 cm³/mol. The second kappa shape index (κ2) is 9.69. The Morgan fingerprint density at radius 2 is 1.86 bits per heavy atom. The number of hydrogen-bond donors (Lipinski definition) is 0. The Balaban J connectivity index is 1.57.